The summed E-state index contributed by atoms with van der Waals surface area (Å²) in [7, 11) is -3.26. The minimum absolute atomic E-state index is 0.0287. The second kappa shape index (κ2) is 9.62. The number of aliphatic hydroxyl groups is 2. The minimum Gasteiger partial charge on any atom is -0.506 e. The minimum atomic E-state index is -3.26. The van der Waals surface area contributed by atoms with Gasteiger partial charge in [-0.15, -0.1) is 0 Å². The Kier molecular flexibility index (Phi) is 6.48. The second-order valence-corrected chi connectivity index (χ2v) is 9.95. The van der Waals surface area contributed by atoms with Crippen LogP contribution >= 0.6 is 0 Å². The van der Waals surface area contributed by atoms with E-state index in [1.54, 1.807) is 0 Å². The lowest BCUT2D eigenvalue weighted by Gasteiger charge is -2.32. The first kappa shape index (κ1) is 20.9. The Balaban J connectivity index is 1.90. The Hall–Kier alpha value is -3.38. The highest BCUT2D eigenvalue weighted by molar-refractivity contribution is 6.93. The van der Waals surface area contributed by atoms with E-state index >= 15 is 0 Å². The maximum Gasteiger partial charge on any atom is 0.531 e. The van der Waals surface area contributed by atoms with Crippen LogP contribution in [0.4, 0.5) is 0 Å². The molecule has 0 amide bonds. The SMILES string of the molecule is OCc1ccc([Si](Oc2ccccc2)(Oc2ccccc2)c2ccc(CO)cc2)cc1. The largest absolute Gasteiger partial charge is 0.531 e. The van der Waals surface area contributed by atoms with Crippen LogP contribution in [0.2, 0.25) is 0 Å². The first-order valence-corrected chi connectivity index (χ1v) is 11.9. The van der Waals surface area contributed by atoms with Crippen LogP contribution in [0.3, 0.4) is 0 Å². The van der Waals surface area contributed by atoms with E-state index in [9.17, 15) is 10.2 Å². The van der Waals surface area contributed by atoms with Crippen molar-refractivity contribution in [2.75, 3.05) is 0 Å². The van der Waals surface area contributed by atoms with Crippen molar-refractivity contribution in [3.8, 4) is 11.5 Å². The molecule has 4 aromatic rings. The van der Waals surface area contributed by atoms with Gasteiger partial charge >= 0.3 is 8.56 Å². The molecule has 31 heavy (non-hydrogen) atoms. The maximum absolute atomic E-state index is 9.50. The summed E-state index contributed by atoms with van der Waals surface area (Å²) in [4.78, 5) is 0. The topological polar surface area (TPSA) is 58.9 Å². The molecule has 4 rings (SSSR count). The van der Waals surface area contributed by atoms with Crippen LogP contribution in [0.15, 0.2) is 109 Å². The molecule has 0 atom stereocenters. The van der Waals surface area contributed by atoms with Gasteiger partial charge in [0.2, 0.25) is 0 Å². The van der Waals surface area contributed by atoms with Gasteiger partial charge in [0.25, 0.3) is 0 Å². The van der Waals surface area contributed by atoms with Gasteiger partial charge in [-0.1, -0.05) is 84.9 Å². The molecule has 0 aliphatic carbocycles. The molecule has 0 aliphatic rings. The van der Waals surface area contributed by atoms with E-state index in [0.717, 1.165) is 21.5 Å². The summed E-state index contributed by atoms with van der Waals surface area (Å²) < 4.78 is 13.4. The molecular formula is C26H24O4Si. The number of rotatable bonds is 8. The van der Waals surface area contributed by atoms with Gasteiger partial charge in [0.05, 0.1) is 13.2 Å². The van der Waals surface area contributed by atoms with Crippen molar-refractivity contribution in [3.05, 3.63) is 120 Å². The summed E-state index contributed by atoms with van der Waals surface area (Å²) in [6.45, 7) is -0.0573. The van der Waals surface area contributed by atoms with Crippen molar-refractivity contribution in [1.82, 2.24) is 0 Å². The highest BCUT2D eigenvalue weighted by Crippen LogP contribution is 2.21. The van der Waals surface area contributed by atoms with Crippen LogP contribution in [0.5, 0.6) is 11.5 Å². The molecule has 0 saturated heterocycles. The van der Waals surface area contributed by atoms with Crippen LogP contribution in [-0.4, -0.2) is 18.8 Å². The third kappa shape index (κ3) is 4.69. The summed E-state index contributed by atoms with van der Waals surface area (Å²) in [6, 6.07) is 34.7. The summed E-state index contributed by atoms with van der Waals surface area (Å²) >= 11 is 0. The lowest BCUT2D eigenvalue weighted by molar-refractivity contribution is 0.281. The van der Waals surface area contributed by atoms with Gasteiger partial charge in [0, 0.05) is 10.4 Å². The first-order valence-electron chi connectivity index (χ1n) is 10.1. The predicted octanol–water partition coefficient (Wildman–Crippen LogP) is 3.39. The van der Waals surface area contributed by atoms with Crippen LogP contribution in [-0.2, 0) is 13.2 Å². The van der Waals surface area contributed by atoms with Gasteiger partial charge in [-0.25, -0.2) is 0 Å². The van der Waals surface area contributed by atoms with Crippen molar-refractivity contribution in [1.29, 1.82) is 0 Å². The molecular weight excluding hydrogens is 404 g/mol. The quantitative estimate of drug-likeness (QED) is 0.423. The summed E-state index contributed by atoms with van der Waals surface area (Å²) in [5, 5.41) is 20.8. The number of hydrogen-bond donors (Lipinski definition) is 2. The number of para-hydroxylation sites is 2. The van der Waals surface area contributed by atoms with Gasteiger partial charge in [0.1, 0.15) is 11.5 Å². The predicted molar refractivity (Wildman–Crippen MR) is 124 cm³/mol. The standard InChI is InChI=1S/C26H24O4Si/c27-19-21-11-15-25(16-12-21)31(29-23-7-3-1-4-8-23,30-24-9-5-2-6-10-24)26-17-13-22(20-28)14-18-26/h1-18,27-28H,19-20H2. The van der Waals surface area contributed by atoms with E-state index < -0.39 is 8.56 Å². The number of benzene rings is 4. The fourth-order valence-electron chi connectivity index (χ4n) is 3.39. The molecule has 5 heteroatoms. The molecule has 0 bridgehead atoms. The molecule has 0 aliphatic heterocycles. The fraction of sp³-hybridized carbons (Fsp3) is 0.0769. The monoisotopic (exact) mass is 428 g/mol. The lowest BCUT2D eigenvalue weighted by atomic mass is 10.2. The zero-order valence-electron chi connectivity index (χ0n) is 17.0. The van der Waals surface area contributed by atoms with Crippen LogP contribution in [0, 0.1) is 0 Å². The normalized spacial score (nSPS) is 11.2. The summed E-state index contributed by atoms with van der Waals surface area (Å²) in [5.41, 5.74) is 1.64. The molecule has 0 aromatic heterocycles. The zero-order chi connectivity index (χ0) is 21.5. The molecule has 4 aromatic carbocycles. The Morgan fingerprint density at radius 3 is 1.16 bits per heavy atom. The van der Waals surface area contributed by atoms with Crippen LogP contribution < -0.4 is 19.2 Å². The molecule has 156 valence electrons. The van der Waals surface area contributed by atoms with E-state index in [-0.39, 0.29) is 13.2 Å². The maximum atomic E-state index is 9.50. The molecule has 0 saturated carbocycles. The Labute approximate surface area is 183 Å². The smallest absolute Gasteiger partial charge is 0.506 e. The van der Waals surface area contributed by atoms with Gasteiger partial charge in [-0.3, -0.25) is 0 Å². The third-order valence-corrected chi connectivity index (χ3v) is 8.28. The molecule has 0 unspecified atom stereocenters. The Morgan fingerprint density at radius 1 is 0.484 bits per heavy atom. The molecule has 0 fully saturated rings. The van der Waals surface area contributed by atoms with Gasteiger partial charge in [-0.2, -0.15) is 0 Å². The third-order valence-electron chi connectivity index (χ3n) is 5.04. The van der Waals surface area contributed by atoms with E-state index in [1.165, 1.54) is 0 Å². The average Bonchev–Trinajstić information content (AvgIpc) is 2.85. The van der Waals surface area contributed by atoms with E-state index in [2.05, 4.69) is 0 Å². The highest BCUT2D eigenvalue weighted by Gasteiger charge is 2.47. The highest BCUT2D eigenvalue weighted by atomic mass is 28.4. The van der Waals surface area contributed by atoms with Crippen LogP contribution in [0.1, 0.15) is 11.1 Å². The Morgan fingerprint density at radius 2 is 0.839 bits per heavy atom. The molecule has 4 nitrogen and oxygen atoms in total. The van der Waals surface area contributed by atoms with Crippen molar-refractivity contribution < 1.29 is 19.1 Å². The fourth-order valence-corrected chi connectivity index (χ4v) is 6.38. The first-order chi connectivity index (χ1) is 15.2. The van der Waals surface area contributed by atoms with Crippen molar-refractivity contribution in [3.63, 3.8) is 0 Å². The van der Waals surface area contributed by atoms with Gasteiger partial charge in [0.15, 0.2) is 0 Å². The van der Waals surface area contributed by atoms with E-state index in [1.807, 2.05) is 109 Å². The number of aliphatic hydroxyl groups excluding tert-OH is 2. The summed E-state index contributed by atoms with van der Waals surface area (Å²) in [6.07, 6.45) is 0. The zero-order valence-corrected chi connectivity index (χ0v) is 18.0. The average molecular weight is 429 g/mol. The molecule has 2 N–H and O–H groups in total. The lowest BCUT2D eigenvalue weighted by Crippen LogP contribution is -2.68. The summed E-state index contributed by atoms with van der Waals surface area (Å²) in [5.74, 6) is 1.42. The van der Waals surface area contributed by atoms with Gasteiger partial charge < -0.3 is 19.1 Å². The van der Waals surface area contributed by atoms with E-state index in [4.69, 9.17) is 8.85 Å². The van der Waals surface area contributed by atoms with Crippen LogP contribution in [0.25, 0.3) is 0 Å². The van der Waals surface area contributed by atoms with Crippen molar-refractivity contribution in [2.24, 2.45) is 0 Å². The molecule has 0 heterocycles. The molecule has 0 spiro atoms. The van der Waals surface area contributed by atoms with E-state index in [0.29, 0.717) is 11.5 Å². The van der Waals surface area contributed by atoms with Crippen molar-refractivity contribution >= 4 is 18.9 Å². The second-order valence-electron chi connectivity index (χ2n) is 7.16. The van der Waals surface area contributed by atoms with Gasteiger partial charge in [-0.05, 0) is 35.4 Å². The van der Waals surface area contributed by atoms with Crippen molar-refractivity contribution in [2.45, 2.75) is 13.2 Å². The number of hydrogen-bond acceptors (Lipinski definition) is 4. The molecule has 0 radical (unpaired) electrons. The Bertz CT molecular complexity index is 991.